The van der Waals surface area contributed by atoms with Crippen LogP contribution >= 0.6 is 0 Å². The van der Waals surface area contributed by atoms with E-state index in [1.807, 2.05) is 17.0 Å². The fraction of sp³-hybridized carbons (Fsp3) is 0.440. The molecule has 8 heteroatoms. The molecule has 0 aliphatic carbocycles. The van der Waals surface area contributed by atoms with Crippen LogP contribution in [0.2, 0.25) is 0 Å². The van der Waals surface area contributed by atoms with Crippen LogP contribution in [0.5, 0.6) is 0 Å². The van der Waals surface area contributed by atoms with Crippen molar-refractivity contribution in [3.63, 3.8) is 0 Å². The first-order valence-electron chi connectivity index (χ1n) is 11.6. The first-order valence-corrected chi connectivity index (χ1v) is 11.6. The van der Waals surface area contributed by atoms with E-state index in [1.165, 1.54) is 5.56 Å². The number of nitrogen functional groups attached to an aromatic ring is 1. The van der Waals surface area contributed by atoms with Crippen LogP contribution in [0.4, 0.5) is 5.82 Å². The van der Waals surface area contributed by atoms with E-state index >= 15 is 0 Å². The quantitative estimate of drug-likeness (QED) is 0.658. The van der Waals surface area contributed by atoms with Gasteiger partial charge in [0.2, 0.25) is 5.91 Å². The van der Waals surface area contributed by atoms with E-state index in [0.717, 1.165) is 37.0 Å². The number of fused-ring (bicyclic) bond motifs is 1. The van der Waals surface area contributed by atoms with Crippen LogP contribution in [0.25, 0.3) is 11.0 Å². The molecule has 5 rings (SSSR count). The molecule has 1 unspecified atom stereocenters. The topological polar surface area (TPSA) is 97.5 Å². The lowest BCUT2D eigenvalue weighted by Gasteiger charge is -2.36. The molecule has 2 fully saturated rings. The largest absolute Gasteiger partial charge is 0.383 e. The number of hydrogen-bond acceptors (Lipinski definition) is 7. The zero-order valence-electron chi connectivity index (χ0n) is 19.0. The number of pyridine rings is 1. The molecule has 0 radical (unpaired) electrons. The highest BCUT2D eigenvalue weighted by atomic mass is 16.5. The first kappa shape index (κ1) is 21.7. The van der Waals surface area contributed by atoms with Crippen molar-refractivity contribution in [3.8, 4) is 0 Å². The molecule has 33 heavy (non-hydrogen) atoms. The minimum Gasteiger partial charge on any atom is -0.383 e. The normalized spacial score (nSPS) is 20.3. The van der Waals surface area contributed by atoms with Gasteiger partial charge < -0.3 is 15.4 Å². The second kappa shape index (κ2) is 9.41. The van der Waals surface area contributed by atoms with Crippen LogP contribution in [0.1, 0.15) is 41.9 Å². The molecule has 2 saturated heterocycles. The number of nitrogens with zero attached hydrogens (tertiary/aromatic N) is 5. The molecule has 8 nitrogen and oxygen atoms in total. The fourth-order valence-corrected chi connectivity index (χ4v) is 4.84. The van der Waals surface area contributed by atoms with Crippen LogP contribution in [0, 0.1) is 6.92 Å². The Morgan fingerprint density at radius 1 is 1.06 bits per heavy atom. The van der Waals surface area contributed by atoms with Crippen molar-refractivity contribution in [2.24, 2.45) is 0 Å². The molecule has 3 aromatic rings. The SMILES string of the molecule is Cc1nc(N)c2ccc(C3CN(C(=O)CN4CCC(c5ccccc5)CC4)CCO3)nc2n1. The zero-order chi connectivity index (χ0) is 22.8. The number of benzene rings is 1. The highest BCUT2D eigenvalue weighted by Gasteiger charge is 2.29. The maximum Gasteiger partial charge on any atom is 0.236 e. The number of anilines is 1. The standard InChI is InChI=1S/C25H30N6O2/c1-17-27-24(26)20-7-8-21(29-25(20)28-17)22-15-31(13-14-33-22)23(32)16-30-11-9-19(10-12-30)18-5-3-2-4-6-18/h2-8,19,22H,9-16H2,1H3,(H2,26,27,28,29). The maximum atomic E-state index is 13.1. The second-order valence-corrected chi connectivity index (χ2v) is 8.92. The Kier molecular flexibility index (Phi) is 6.20. The van der Waals surface area contributed by atoms with Gasteiger partial charge in [0.05, 0.1) is 30.8 Å². The van der Waals surface area contributed by atoms with Gasteiger partial charge in [-0.15, -0.1) is 0 Å². The Labute approximate surface area is 193 Å². The van der Waals surface area contributed by atoms with Crippen molar-refractivity contribution in [1.82, 2.24) is 24.8 Å². The van der Waals surface area contributed by atoms with E-state index in [2.05, 4.69) is 50.2 Å². The maximum absolute atomic E-state index is 13.1. The van der Waals surface area contributed by atoms with Gasteiger partial charge in [-0.3, -0.25) is 9.69 Å². The summed E-state index contributed by atoms with van der Waals surface area (Å²) in [6.45, 7) is 5.76. The predicted octanol–water partition coefficient (Wildman–Crippen LogP) is 2.69. The number of hydrogen-bond donors (Lipinski definition) is 1. The van der Waals surface area contributed by atoms with E-state index in [-0.39, 0.29) is 12.0 Å². The molecule has 2 N–H and O–H groups in total. The van der Waals surface area contributed by atoms with Crippen molar-refractivity contribution >= 4 is 22.8 Å². The molecule has 1 atom stereocenters. The Morgan fingerprint density at radius 2 is 1.85 bits per heavy atom. The van der Waals surface area contributed by atoms with Gasteiger partial charge in [-0.1, -0.05) is 30.3 Å². The van der Waals surface area contributed by atoms with Crippen LogP contribution < -0.4 is 5.73 Å². The lowest BCUT2D eigenvalue weighted by Crippen LogP contribution is -2.48. The number of rotatable bonds is 4. The van der Waals surface area contributed by atoms with Crippen LogP contribution in [0.3, 0.4) is 0 Å². The Morgan fingerprint density at radius 3 is 2.64 bits per heavy atom. The first-order chi connectivity index (χ1) is 16.1. The van der Waals surface area contributed by atoms with Gasteiger partial charge in [0.1, 0.15) is 17.7 Å². The van der Waals surface area contributed by atoms with Crippen molar-refractivity contribution in [2.45, 2.75) is 31.8 Å². The van der Waals surface area contributed by atoms with E-state index in [9.17, 15) is 4.79 Å². The third-order valence-electron chi connectivity index (χ3n) is 6.69. The van der Waals surface area contributed by atoms with E-state index < -0.39 is 0 Å². The molecule has 4 heterocycles. The Hall–Kier alpha value is -3.10. The summed E-state index contributed by atoms with van der Waals surface area (Å²) in [5, 5.41) is 0.729. The molecule has 1 amide bonds. The summed E-state index contributed by atoms with van der Waals surface area (Å²) in [6.07, 6.45) is 1.91. The van der Waals surface area contributed by atoms with Gasteiger partial charge in [-0.2, -0.15) is 0 Å². The molecule has 172 valence electrons. The highest BCUT2D eigenvalue weighted by molar-refractivity contribution is 5.85. The molecule has 2 aliphatic rings. The summed E-state index contributed by atoms with van der Waals surface area (Å²) in [4.78, 5) is 30.5. The molecule has 0 spiro atoms. The van der Waals surface area contributed by atoms with Gasteiger partial charge in [-0.25, -0.2) is 15.0 Å². The average Bonchev–Trinajstić information content (AvgIpc) is 2.84. The fourth-order valence-electron chi connectivity index (χ4n) is 4.84. The van der Waals surface area contributed by atoms with Crippen LogP contribution in [0.15, 0.2) is 42.5 Å². The lowest BCUT2D eigenvalue weighted by molar-refractivity contribution is -0.140. The van der Waals surface area contributed by atoms with E-state index in [4.69, 9.17) is 10.5 Å². The van der Waals surface area contributed by atoms with Crippen molar-refractivity contribution < 1.29 is 9.53 Å². The average molecular weight is 447 g/mol. The molecule has 2 aliphatic heterocycles. The van der Waals surface area contributed by atoms with Crippen LogP contribution in [-0.4, -0.2) is 70.0 Å². The van der Waals surface area contributed by atoms with Crippen molar-refractivity contribution in [3.05, 3.63) is 59.5 Å². The number of morpholine rings is 1. The number of ether oxygens (including phenoxy) is 1. The van der Waals surface area contributed by atoms with Crippen LogP contribution in [-0.2, 0) is 9.53 Å². The van der Waals surface area contributed by atoms with Gasteiger partial charge in [0.15, 0.2) is 5.65 Å². The highest BCUT2D eigenvalue weighted by Crippen LogP contribution is 2.28. The molecular formula is C25H30N6O2. The van der Waals surface area contributed by atoms with Gasteiger partial charge in [0.25, 0.3) is 0 Å². The summed E-state index contributed by atoms with van der Waals surface area (Å²) in [7, 11) is 0. The number of carbonyl (C=O) groups is 1. The second-order valence-electron chi connectivity index (χ2n) is 8.92. The zero-order valence-corrected chi connectivity index (χ0v) is 19.0. The summed E-state index contributed by atoms with van der Waals surface area (Å²) in [6, 6.07) is 14.5. The number of aromatic nitrogens is 3. The summed E-state index contributed by atoms with van der Waals surface area (Å²) >= 11 is 0. The Balaban J connectivity index is 1.19. The third kappa shape index (κ3) is 4.82. The number of carbonyl (C=O) groups excluding carboxylic acids is 1. The number of amides is 1. The molecular weight excluding hydrogens is 416 g/mol. The lowest BCUT2D eigenvalue weighted by atomic mass is 9.89. The predicted molar refractivity (Wildman–Crippen MR) is 127 cm³/mol. The molecule has 0 bridgehead atoms. The van der Waals surface area contributed by atoms with Gasteiger partial charge in [0, 0.05) is 6.54 Å². The monoisotopic (exact) mass is 446 g/mol. The number of likely N-dealkylation sites (tertiary alicyclic amines) is 1. The molecule has 1 aromatic carbocycles. The summed E-state index contributed by atoms with van der Waals surface area (Å²) < 4.78 is 5.96. The van der Waals surface area contributed by atoms with Gasteiger partial charge in [-0.05, 0) is 56.5 Å². The van der Waals surface area contributed by atoms with E-state index in [1.54, 1.807) is 6.92 Å². The number of piperidine rings is 1. The molecule has 2 aromatic heterocycles. The Bertz CT molecular complexity index is 1130. The third-order valence-corrected chi connectivity index (χ3v) is 6.69. The van der Waals surface area contributed by atoms with Gasteiger partial charge >= 0.3 is 0 Å². The summed E-state index contributed by atoms with van der Waals surface area (Å²) in [5.74, 6) is 1.76. The van der Waals surface area contributed by atoms with E-state index in [0.29, 0.717) is 49.4 Å². The summed E-state index contributed by atoms with van der Waals surface area (Å²) in [5.41, 5.74) is 8.73. The number of aryl methyl sites for hydroxylation is 1. The molecule has 0 saturated carbocycles. The van der Waals surface area contributed by atoms with Crippen molar-refractivity contribution in [2.75, 3.05) is 45.1 Å². The number of nitrogens with two attached hydrogens (primary N) is 1. The smallest absolute Gasteiger partial charge is 0.236 e. The minimum absolute atomic E-state index is 0.157. The minimum atomic E-state index is -0.271. The van der Waals surface area contributed by atoms with Crippen molar-refractivity contribution in [1.29, 1.82) is 0 Å².